The topological polar surface area (TPSA) is 56.7 Å². The van der Waals surface area contributed by atoms with Crippen molar-refractivity contribution in [2.75, 3.05) is 13.1 Å². The van der Waals surface area contributed by atoms with Gasteiger partial charge < -0.3 is 10.2 Å². The Bertz CT molecular complexity index is 838. The van der Waals surface area contributed by atoms with E-state index in [-0.39, 0.29) is 23.2 Å². The molecule has 0 radical (unpaired) electrons. The first kappa shape index (κ1) is 18.6. The molecular formula is C21H30N4O. The molecule has 2 aliphatic heterocycles. The molecule has 0 aromatic heterocycles. The lowest BCUT2D eigenvalue weighted by atomic mass is 9.96. The minimum absolute atomic E-state index is 0.0266. The van der Waals surface area contributed by atoms with E-state index in [4.69, 9.17) is 4.99 Å². The highest BCUT2D eigenvalue weighted by atomic mass is 16.1. The Morgan fingerprint density at radius 3 is 2.69 bits per heavy atom. The summed E-state index contributed by atoms with van der Waals surface area (Å²) in [6.07, 6.45) is 5.22. The van der Waals surface area contributed by atoms with Crippen LogP contribution in [0.15, 0.2) is 40.9 Å². The molecule has 1 unspecified atom stereocenters. The lowest BCUT2D eigenvalue weighted by Gasteiger charge is -2.28. The largest absolute Gasteiger partial charge is 0.355 e. The summed E-state index contributed by atoms with van der Waals surface area (Å²) in [7, 11) is 0. The third-order valence-corrected chi connectivity index (χ3v) is 4.98. The fourth-order valence-corrected chi connectivity index (χ4v) is 3.89. The van der Waals surface area contributed by atoms with Crippen LogP contribution in [0.2, 0.25) is 0 Å². The smallest absolute Gasteiger partial charge is 0.248 e. The second kappa shape index (κ2) is 6.88. The normalized spacial score (nSPS) is 22.7. The molecule has 3 rings (SSSR count). The first-order valence-electron chi connectivity index (χ1n) is 9.39. The molecule has 26 heavy (non-hydrogen) atoms. The van der Waals surface area contributed by atoms with E-state index in [1.54, 1.807) is 0 Å². The van der Waals surface area contributed by atoms with Crippen LogP contribution in [-0.2, 0) is 4.79 Å². The van der Waals surface area contributed by atoms with Crippen molar-refractivity contribution >= 4 is 12.1 Å². The Hall–Kier alpha value is -2.14. The van der Waals surface area contributed by atoms with Crippen molar-refractivity contribution in [2.24, 2.45) is 4.99 Å². The first-order chi connectivity index (χ1) is 12.2. The van der Waals surface area contributed by atoms with Gasteiger partial charge in [-0.25, -0.2) is 0 Å². The number of rotatable bonds is 5. The van der Waals surface area contributed by atoms with Gasteiger partial charge in [0.2, 0.25) is 5.91 Å². The van der Waals surface area contributed by atoms with Gasteiger partial charge in [-0.1, -0.05) is 24.3 Å². The Labute approximate surface area is 155 Å². The molecule has 0 saturated carbocycles. The molecule has 0 fully saturated rings. The zero-order chi connectivity index (χ0) is 18.9. The Morgan fingerprint density at radius 1 is 1.27 bits per heavy atom. The first-order valence-corrected chi connectivity index (χ1v) is 9.39. The van der Waals surface area contributed by atoms with Gasteiger partial charge in [0.05, 0.1) is 5.36 Å². The van der Waals surface area contributed by atoms with E-state index in [0.717, 1.165) is 29.1 Å². The highest BCUT2D eigenvalue weighted by molar-refractivity contribution is 5.96. The Morgan fingerprint density at radius 2 is 2.00 bits per heavy atom. The van der Waals surface area contributed by atoms with E-state index >= 15 is 0 Å². The molecule has 140 valence electrons. The van der Waals surface area contributed by atoms with E-state index in [0.29, 0.717) is 6.54 Å². The van der Waals surface area contributed by atoms with Crippen molar-refractivity contribution in [3.8, 4) is 0 Å². The van der Waals surface area contributed by atoms with E-state index in [2.05, 4.69) is 62.4 Å². The van der Waals surface area contributed by atoms with Gasteiger partial charge in [0.25, 0.3) is 0 Å². The molecule has 1 amide bonds. The van der Waals surface area contributed by atoms with Crippen LogP contribution in [0.4, 0.5) is 0 Å². The van der Waals surface area contributed by atoms with Crippen LogP contribution in [0.3, 0.4) is 0 Å². The third kappa shape index (κ3) is 3.98. The molecule has 2 N–H and O–H groups in total. The molecule has 1 aromatic rings. The number of carbonyl (C=O) groups is 1. The average molecular weight is 354 g/mol. The standard InChI is InChI=1S/C21H30N4O/c1-15-23-18-10-7-6-9-16(18)14-25(15)12-8-11-22-19(26)17-13-20(2,3)24-21(17,4)5/h6-7,9-10,13-15,24H,8,11-12H2,1-5H3,(H,22,26). The van der Waals surface area contributed by atoms with Crippen LogP contribution < -0.4 is 21.2 Å². The summed E-state index contributed by atoms with van der Waals surface area (Å²) in [6.45, 7) is 11.9. The average Bonchev–Trinajstić information content (AvgIpc) is 2.79. The van der Waals surface area contributed by atoms with Gasteiger partial charge in [-0.2, -0.15) is 0 Å². The summed E-state index contributed by atoms with van der Waals surface area (Å²) >= 11 is 0. The molecule has 2 heterocycles. The zero-order valence-electron chi connectivity index (χ0n) is 16.5. The van der Waals surface area contributed by atoms with Crippen LogP contribution in [-0.4, -0.2) is 41.1 Å². The number of benzene rings is 1. The number of carbonyl (C=O) groups excluding carboxylic acids is 1. The van der Waals surface area contributed by atoms with Crippen molar-refractivity contribution in [3.05, 3.63) is 46.5 Å². The second-order valence-corrected chi connectivity index (χ2v) is 8.33. The predicted molar refractivity (Wildman–Crippen MR) is 105 cm³/mol. The number of hydrogen-bond donors (Lipinski definition) is 2. The summed E-state index contributed by atoms with van der Waals surface area (Å²) in [4.78, 5) is 19.5. The highest BCUT2D eigenvalue weighted by Gasteiger charge is 2.39. The lowest BCUT2D eigenvalue weighted by molar-refractivity contribution is -0.118. The number of para-hydroxylation sites is 1. The van der Waals surface area contributed by atoms with E-state index < -0.39 is 0 Å². The SMILES string of the molecule is CC1N=c2ccccc2=CN1CCCNC(=O)C1=CC(C)(C)NC1(C)C. The molecule has 5 heteroatoms. The molecule has 0 saturated heterocycles. The number of amides is 1. The number of nitrogens with zero attached hydrogens (tertiary/aromatic N) is 2. The summed E-state index contributed by atoms with van der Waals surface area (Å²) in [5.74, 6) is 0.0266. The summed E-state index contributed by atoms with van der Waals surface area (Å²) < 4.78 is 0. The number of hydrogen-bond acceptors (Lipinski definition) is 4. The Kier molecular flexibility index (Phi) is 4.93. The summed E-state index contributed by atoms with van der Waals surface area (Å²) in [6, 6.07) is 8.19. The fraction of sp³-hybridized carbons (Fsp3) is 0.524. The van der Waals surface area contributed by atoms with Gasteiger partial charge in [-0.05, 0) is 47.1 Å². The maximum absolute atomic E-state index is 12.6. The minimum Gasteiger partial charge on any atom is -0.355 e. The van der Waals surface area contributed by atoms with E-state index in [1.165, 1.54) is 0 Å². The van der Waals surface area contributed by atoms with Gasteiger partial charge >= 0.3 is 0 Å². The summed E-state index contributed by atoms with van der Waals surface area (Å²) in [5, 5.41) is 8.76. The van der Waals surface area contributed by atoms with Gasteiger partial charge in [0, 0.05) is 41.2 Å². The molecule has 0 spiro atoms. The van der Waals surface area contributed by atoms with Crippen molar-refractivity contribution in [1.82, 2.24) is 15.5 Å². The maximum atomic E-state index is 12.6. The molecule has 0 bridgehead atoms. The van der Waals surface area contributed by atoms with Crippen molar-refractivity contribution in [1.29, 1.82) is 0 Å². The fourth-order valence-electron chi connectivity index (χ4n) is 3.89. The van der Waals surface area contributed by atoms with Gasteiger partial charge in [0.1, 0.15) is 6.17 Å². The number of nitrogens with one attached hydrogen (secondary N) is 2. The molecule has 0 aliphatic carbocycles. The van der Waals surface area contributed by atoms with Gasteiger partial charge in [-0.15, -0.1) is 0 Å². The molecule has 5 nitrogen and oxygen atoms in total. The van der Waals surface area contributed by atoms with Crippen molar-refractivity contribution in [2.45, 2.75) is 58.3 Å². The van der Waals surface area contributed by atoms with Crippen LogP contribution >= 0.6 is 0 Å². The Balaban J connectivity index is 1.53. The van der Waals surface area contributed by atoms with Gasteiger partial charge in [-0.3, -0.25) is 15.1 Å². The maximum Gasteiger partial charge on any atom is 0.248 e. The molecular weight excluding hydrogens is 324 g/mol. The molecule has 1 atom stereocenters. The number of fused-ring (bicyclic) bond motifs is 1. The molecule has 2 aliphatic rings. The quantitative estimate of drug-likeness (QED) is 0.784. The minimum atomic E-state index is -0.300. The van der Waals surface area contributed by atoms with Crippen LogP contribution in [0.1, 0.15) is 41.0 Å². The van der Waals surface area contributed by atoms with Crippen LogP contribution in [0.25, 0.3) is 6.20 Å². The van der Waals surface area contributed by atoms with Crippen molar-refractivity contribution in [3.63, 3.8) is 0 Å². The predicted octanol–water partition coefficient (Wildman–Crippen LogP) is 1.30. The van der Waals surface area contributed by atoms with Crippen LogP contribution in [0.5, 0.6) is 0 Å². The zero-order valence-corrected chi connectivity index (χ0v) is 16.5. The lowest BCUT2D eigenvalue weighted by Crippen LogP contribution is -2.47. The molecule has 1 aromatic carbocycles. The van der Waals surface area contributed by atoms with E-state index in [1.807, 2.05) is 24.3 Å². The van der Waals surface area contributed by atoms with E-state index in [9.17, 15) is 4.79 Å². The van der Waals surface area contributed by atoms with Crippen LogP contribution in [0, 0.1) is 0 Å². The second-order valence-electron chi connectivity index (χ2n) is 8.33. The summed E-state index contributed by atoms with van der Waals surface area (Å²) in [5.41, 5.74) is 0.374. The van der Waals surface area contributed by atoms with Gasteiger partial charge in [0.15, 0.2) is 0 Å². The third-order valence-electron chi connectivity index (χ3n) is 4.98. The van der Waals surface area contributed by atoms with Crippen molar-refractivity contribution < 1.29 is 4.79 Å². The monoisotopic (exact) mass is 354 g/mol. The highest BCUT2D eigenvalue weighted by Crippen LogP contribution is 2.29.